The minimum absolute atomic E-state index is 0.0585. The summed E-state index contributed by atoms with van der Waals surface area (Å²) in [5.74, 6) is 0.900. The molecule has 0 aromatic heterocycles. The number of aliphatic hydroxyl groups is 1. The molecule has 2 aromatic carbocycles. The summed E-state index contributed by atoms with van der Waals surface area (Å²) in [5, 5.41) is 30.2. The first-order valence-electron chi connectivity index (χ1n) is 11.0. The molecule has 0 aliphatic carbocycles. The third-order valence-electron chi connectivity index (χ3n) is 5.19. The van der Waals surface area contributed by atoms with Gasteiger partial charge >= 0.3 is 6.16 Å². The van der Waals surface area contributed by atoms with Gasteiger partial charge in [0, 0.05) is 24.8 Å². The zero-order valence-corrected chi connectivity index (χ0v) is 20.1. The van der Waals surface area contributed by atoms with E-state index in [0.29, 0.717) is 12.5 Å². The molecule has 2 unspecified atom stereocenters. The highest BCUT2D eigenvalue weighted by Crippen LogP contribution is 2.31. The lowest BCUT2D eigenvalue weighted by Crippen LogP contribution is -2.14. The summed E-state index contributed by atoms with van der Waals surface area (Å²) in [7, 11) is 0. The zero-order valence-electron chi connectivity index (χ0n) is 20.1. The number of carbonyl (C=O) groups is 1. The van der Waals surface area contributed by atoms with Crippen LogP contribution in [-0.4, -0.2) is 27.7 Å². The van der Waals surface area contributed by atoms with E-state index in [1.807, 2.05) is 13.8 Å². The van der Waals surface area contributed by atoms with E-state index in [2.05, 4.69) is 13.8 Å². The first kappa shape index (κ1) is 28.5. The lowest BCUT2D eigenvalue weighted by Gasteiger charge is -2.15. The molecule has 2 aromatic rings. The largest absolute Gasteiger partial charge is 0.514 e. The Morgan fingerprint density at radius 1 is 1.00 bits per heavy atom. The molecule has 0 aliphatic heterocycles. The predicted molar refractivity (Wildman–Crippen MR) is 127 cm³/mol. The molecule has 0 bridgehead atoms. The highest BCUT2D eigenvalue weighted by atomic mass is 16.7. The number of aliphatic hydroxyl groups excluding tert-OH is 1. The van der Waals surface area contributed by atoms with E-state index in [9.17, 15) is 25.0 Å². The van der Waals surface area contributed by atoms with Crippen molar-refractivity contribution in [1.29, 1.82) is 0 Å². The van der Waals surface area contributed by atoms with E-state index in [1.54, 1.807) is 12.1 Å². The molecule has 34 heavy (non-hydrogen) atoms. The van der Waals surface area contributed by atoms with Crippen molar-refractivity contribution in [3.05, 3.63) is 73.8 Å². The fourth-order valence-corrected chi connectivity index (χ4v) is 2.81. The summed E-state index contributed by atoms with van der Waals surface area (Å²) in [6, 6.07) is 9.55. The number of nitro benzene ring substituents is 2. The summed E-state index contributed by atoms with van der Waals surface area (Å²) in [5.41, 5.74) is 0.821. The molecule has 2 rings (SSSR count). The number of benzene rings is 2. The SMILES string of the molecule is CC(C)c1ccc([N+](=O)[O-])c(C(C)OC(=O)Oc2ccc([N+](=O)[O-])cc2)c1.CCC(C)CCO. The van der Waals surface area contributed by atoms with E-state index < -0.39 is 22.1 Å². The molecule has 10 nitrogen and oxygen atoms in total. The maximum atomic E-state index is 12.0. The Bertz CT molecular complexity index is 960. The van der Waals surface area contributed by atoms with Gasteiger partial charge in [-0.3, -0.25) is 20.2 Å². The molecule has 2 atom stereocenters. The third-order valence-corrected chi connectivity index (χ3v) is 5.19. The fraction of sp³-hybridized carbons (Fsp3) is 0.458. The van der Waals surface area contributed by atoms with Crippen LogP contribution < -0.4 is 4.74 Å². The summed E-state index contributed by atoms with van der Waals surface area (Å²) >= 11 is 0. The van der Waals surface area contributed by atoms with Crippen LogP contribution in [0.2, 0.25) is 0 Å². The first-order chi connectivity index (χ1) is 16.0. The molecule has 0 radical (unpaired) electrons. The van der Waals surface area contributed by atoms with Crippen molar-refractivity contribution < 1.29 is 29.2 Å². The lowest BCUT2D eigenvalue weighted by atomic mass is 9.97. The fourth-order valence-electron chi connectivity index (χ4n) is 2.81. The Morgan fingerprint density at radius 3 is 2.06 bits per heavy atom. The molecule has 186 valence electrons. The number of carbonyl (C=O) groups excluding carboxylic acids is 1. The van der Waals surface area contributed by atoms with Crippen LogP contribution in [0.1, 0.15) is 70.6 Å². The van der Waals surface area contributed by atoms with Crippen LogP contribution in [0.25, 0.3) is 0 Å². The molecule has 0 saturated carbocycles. The average Bonchev–Trinajstić information content (AvgIpc) is 2.79. The second-order valence-electron chi connectivity index (χ2n) is 8.12. The Balaban J connectivity index is 0.000000718. The van der Waals surface area contributed by atoms with E-state index >= 15 is 0 Å². The monoisotopic (exact) mass is 476 g/mol. The number of nitrogens with zero attached hydrogens (tertiary/aromatic N) is 2. The molecule has 0 fully saturated rings. The predicted octanol–water partition coefficient (Wildman–Crippen LogP) is 6.32. The van der Waals surface area contributed by atoms with Crippen molar-refractivity contribution >= 4 is 17.5 Å². The van der Waals surface area contributed by atoms with Crippen molar-refractivity contribution in [3.8, 4) is 5.75 Å². The molecule has 10 heteroatoms. The highest BCUT2D eigenvalue weighted by Gasteiger charge is 2.24. The van der Waals surface area contributed by atoms with Gasteiger partial charge in [0.15, 0.2) is 0 Å². The van der Waals surface area contributed by atoms with Crippen LogP contribution >= 0.6 is 0 Å². The minimum Gasteiger partial charge on any atom is -0.426 e. The van der Waals surface area contributed by atoms with Gasteiger partial charge < -0.3 is 14.6 Å². The van der Waals surface area contributed by atoms with Crippen LogP contribution in [0.4, 0.5) is 16.2 Å². The number of ether oxygens (including phenoxy) is 2. The molecule has 0 aliphatic rings. The van der Waals surface area contributed by atoms with Crippen LogP contribution in [-0.2, 0) is 4.74 Å². The van der Waals surface area contributed by atoms with Crippen molar-refractivity contribution in [2.75, 3.05) is 6.61 Å². The third kappa shape index (κ3) is 9.14. The number of hydrogen-bond donors (Lipinski definition) is 1. The van der Waals surface area contributed by atoms with Gasteiger partial charge in [0.05, 0.1) is 15.4 Å². The van der Waals surface area contributed by atoms with Crippen LogP contribution in [0.15, 0.2) is 42.5 Å². The van der Waals surface area contributed by atoms with Gasteiger partial charge in [-0.2, -0.15) is 0 Å². The van der Waals surface area contributed by atoms with Crippen LogP contribution in [0.5, 0.6) is 5.75 Å². The van der Waals surface area contributed by atoms with Gasteiger partial charge in [0.2, 0.25) is 0 Å². The lowest BCUT2D eigenvalue weighted by molar-refractivity contribution is -0.386. The van der Waals surface area contributed by atoms with E-state index in [0.717, 1.165) is 12.0 Å². The maximum absolute atomic E-state index is 12.0. The van der Waals surface area contributed by atoms with E-state index in [1.165, 1.54) is 43.7 Å². The second kappa shape index (κ2) is 13.9. The number of nitro groups is 2. The minimum atomic E-state index is -1.07. The molecule has 0 heterocycles. The summed E-state index contributed by atoms with van der Waals surface area (Å²) in [4.78, 5) is 32.7. The van der Waals surface area contributed by atoms with E-state index in [4.69, 9.17) is 14.6 Å². The van der Waals surface area contributed by atoms with Gasteiger partial charge in [0.1, 0.15) is 11.9 Å². The molecular formula is C24H32N2O8. The Morgan fingerprint density at radius 2 is 1.62 bits per heavy atom. The summed E-state index contributed by atoms with van der Waals surface area (Å²) in [6.07, 6.45) is 0.145. The van der Waals surface area contributed by atoms with E-state index in [-0.39, 0.29) is 28.6 Å². The van der Waals surface area contributed by atoms with Gasteiger partial charge in [0.25, 0.3) is 11.4 Å². The smallest absolute Gasteiger partial charge is 0.426 e. The number of hydrogen-bond acceptors (Lipinski definition) is 8. The van der Waals surface area contributed by atoms with Crippen LogP contribution in [0.3, 0.4) is 0 Å². The Hall–Kier alpha value is -3.53. The Kier molecular flexibility index (Phi) is 11.6. The van der Waals surface area contributed by atoms with Gasteiger partial charge in [-0.25, -0.2) is 4.79 Å². The van der Waals surface area contributed by atoms with Crippen molar-refractivity contribution in [1.82, 2.24) is 0 Å². The summed E-state index contributed by atoms with van der Waals surface area (Å²) < 4.78 is 10.1. The standard InChI is InChI=1S/C18H18N2O7.C6H14O/c1-11(2)13-4-9-17(20(24)25)16(10-13)12(3)26-18(21)27-15-7-5-14(6-8-15)19(22)23;1-3-6(2)4-5-7/h4-12H,1-3H3;6-7H,3-5H2,1-2H3. The second-order valence-corrected chi connectivity index (χ2v) is 8.12. The number of non-ortho nitro benzene ring substituents is 1. The topological polar surface area (TPSA) is 142 Å². The number of rotatable bonds is 9. The molecular weight excluding hydrogens is 444 g/mol. The van der Waals surface area contributed by atoms with Crippen molar-refractivity contribution in [3.63, 3.8) is 0 Å². The van der Waals surface area contributed by atoms with Gasteiger partial charge in [-0.15, -0.1) is 0 Å². The highest BCUT2D eigenvalue weighted by molar-refractivity contribution is 5.64. The molecule has 0 amide bonds. The average molecular weight is 477 g/mol. The van der Waals surface area contributed by atoms with Crippen molar-refractivity contribution in [2.45, 2.75) is 59.5 Å². The zero-order chi connectivity index (χ0) is 25.8. The van der Waals surface area contributed by atoms with Crippen molar-refractivity contribution in [2.24, 2.45) is 5.92 Å². The normalized spacial score (nSPS) is 12.2. The molecule has 0 spiro atoms. The Labute approximate surface area is 198 Å². The maximum Gasteiger partial charge on any atom is 0.514 e. The molecule has 1 N–H and O–H groups in total. The van der Waals surface area contributed by atoms with Crippen LogP contribution in [0, 0.1) is 26.1 Å². The molecule has 0 saturated heterocycles. The first-order valence-corrected chi connectivity index (χ1v) is 11.0. The van der Waals surface area contributed by atoms with Gasteiger partial charge in [-0.1, -0.05) is 40.2 Å². The quantitative estimate of drug-likeness (QED) is 0.192. The van der Waals surface area contributed by atoms with Gasteiger partial charge in [-0.05, 0) is 48.9 Å². The summed E-state index contributed by atoms with van der Waals surface area (Å²) in [6.45, 7) is 10.0.